The molecule has 0 amide bonds. The summed E-state index contributed by atoms with van der Waals surface area (Å²) in [5.74, 6) is 0. The van der Waals surface area contributed by atoms with Crippen LogP contribution in [0.15, 0.2) is 0 Å². The van der Waals surface area contributed by atoms with Crippen LogP contribution in [0.3, 0.4) is 0 Å². The Labute approximate surface area is 70.7 Å². The summed E-state index contributed by atoms with van der Waals surface area (Å²) in [7, 11) is 0. The molecule has 2 radical (unpaired) electrons. The van der Waals surface area contributed by atoms with E-state index in [1.54, 1.807) is 0 Å². The van der Waals surface area contributed by atoms with Crippen molar-refractivity contribution in [2.24, 2.45) is 0 Å². The topological polar surface area (TPSA) is 0 Å². The first-order valence-corrected chi connectivity index (χ1v) is 1.91. The third kappa shape index (κ3) is 18.2. The zero-order valence-corrected chi connectivity index (χ0v) is 9.16. The molecule has 0 rings (SSSR count). The van der Waals surface area contributed by atoms with Crippen LogP contribution in [0.2, 0.25) is 0 Å². The van der Waals surface area contributed by atoms with E-state index in [1.807, 2.05) is 0 Å². The second kappa shape index (κ2) is 16.1. The van der Waals surface area contributed by atoms with Crippen molar-refractivity contribution in [3.63, 3.8) is 0 Å². The van der Waals surface area contributed by atoms with Crippen molar-refractivity contribution in [2.45, 2.75) is 26.7 Å². The molecule has 0 bridgehead atoms. The predicted molar refractivity (Wildman–Crippen MR) is 30.2 cm³/mol. The minimum absolute atomic E-state index is 0. The van der Waals surface area contributed by atoms with E-state index in [4.69, 9.17) is 0 Å². The Morgan fingerprint density at radius 2 is 1.33 bits per heavy atom. The molecular weight excluding hydrogens is 174 g/mol. The molecule has 0 N–H and O–H groups in total. The Morgan fingerprint density at radius 3 is 1.33 bits per heavy atom. The average molecular weight is 187 g/mol. The van der Waals surface area contributed by atoms with E-state index in [0.29, 0.717) is 0 Å². The monoisotopic (exact) mass is 188 g/mol. The average Bonchev–Trinajstić information content (AvgIpc) is 1.37. The van der Waals surface area contributed by atoms with E-state index in [-0.39, 0.29) is 44.2 Å². The SMILES string of the molecule is CCCC.[H-].[Li+].[SnH2]. The Bertz CT molecular complexity index is 13.7. The van der Waals surface area contributed by atoms with Crippen LogP contribution in [0.1, 0.15) is 28.1 Å². The van der Waals surface area contributed by atoms with Gasteiger partial charge < -0.3 is 1.43 Å². The number of hydrogen-bond acceptors (Lipinski definition) is 0. The molecule has 0 aromatic heterocycles. The minimum atomic E-state index is 0. The molecule has 0 aromatic rings. The van der Waals surface area contributed by atoms with Gasteiger partial charge in [-0.2, -0.15) is 0 Å². The Balaban J connectivity index is -0.0000000150. The summed E-state index contributed by atoms with van der Waals surface area (Å²) >= 11 is 0. The van der Waals surface area contributed by atoms with Gasteiger partial charge in [-0.1, -0.05) is 26.7 Å². The van der Waals surface area contributed by atoms with E-state index >= 15 is 0 Å². The van der Waals surface area contributed by atoms with Crippen molar-refractivity contribution in [2.75, 3.05) is 0 Å². The molecule has 6 heavy (non-hydrogen) atoms. The first-order chi connectivity index (χ1) is 1.91. The fourth-order valence-corrected chi connectivity index (χ4v) is 0. The van der Waals surface area contributed by atoms with Crippen molar-refractivity contribution in [1.82, 2.24) is 0 Å². The van der Waals surface area contributed by atoms with Crippen LogP contribution in [0.25, 0.3) is 0 Å². The van der Waals surface area contributed by atoms with Gasteiger partial charge in [0.15, 0.2) is 0 Å². The van der Waals surface area contributed by atoms with Crippen molar-refractivity contribution in [3.8, 4) is 0 Å². The van der Waals surface area contributed by atoms with Gasteiger partial charge in [0.1, 0.15) is 0 Å². The molecule has 0 aliphatic carbocycles. The van der Waals surface area contributed by atoms with E-state index in [2.05, 4.69) is 13.8 Å². The maximum absolute atomic E-state index is 2.18. The van der Waals surface area contributed by atoms with Crippen molar-refractivity contribution in [1.29, 1.82) is 0 Å². The van der Waals surface area contributed by atoms with Gasteiger partial charge in [0.2, 0.25) is 0 Å². The van der Waals surface area contributed by atoms with Crippen molar-refractivity contribution in [3.05, 3.63) is 0 Å². The summed E-state index contributed by atoms with van der Waals surface area (Å²) < 4.78 is 0. The number of unbranched alkanes of at least 4 members (excludes halogenated alkanes) is 1. The summed E-state index contributed by atoms with van der Waals surface area (Å²) in [4.78, 5) is 0. The van der Waals surface area contributed by atoms with Gasteiger partial charge in [-0.3, -0.25) is 0 Å². The second-order valence-corrected chi connectivity index (χ2v) is 1.000. The molecule has 0 aliphatic rings. The molecule has 0 fully saturated rings. The van der Waals surface area contributed by atoms with Crippen LogP contribution in [0.4, 0.5) is 0 Å². The Kier molecular flexibility index (Phi) is 42.1. The first kappa shape index (κ1) is 15.7. The van der Waals surface area contributed by atoms with Gasteiger partial charge in [0.25, 0.3) is 0 Å². The van der Waals surface area contributed by atoms with Crippen LogP contribution in [-0.2, 0) is 0 Å². The summed E-state index contributed by atoms with van der Waals surface area (Å²) in [6.07, 6.45) is 2.64. The zero-order chi connectivity index (χ0) is 3.41. The molecule has 34 valence electrons. The van der Waals surface area contributed by atoms with Gasteiger partial charge in [-0.25, -0.2) is 0 Å². The van der Waals surface area contributed by atoms with Gasteiger partial charge in [-0.05, 0) is 0 Å². The summed E-state index contributed by atoms with van der Waals surface area (Å²) in [5, 5.41) is 0. The van der Waals surface area contributed by atoms with Gasteiger partial charge in [-0.15, -0.1) is 0 Å². The molecular formula is C4H13LiSn. The van der Waals surface area contributed by atoms with Crippen molar-refractivity contribution < 1.29 is 20.3 Å². The van der Waals surface area contributed by atoms with Crippen molar-refractivity contribution >= 4 is 23.9 Å². The second-order valence-electron chi connectivity index (χ2n) is 1.000. The maximum atomic E-state index is 2.18. The van der Waals surface area contributed by atoms with Crippen LogP contribution >= 0.6 is 0 Å². The third-order valence-corrected chi connectivity index (χ3v) is 0.500. The van der Waals surface area contributed by atoms with Gasteiger partial charge >= 0.3 is 42.8 Å². The van der Waals surface area contributed by atoms with E-state index in [9.17, 15) is 0 Å². The van der Waals surface area contributed by atoms with Crippen LogP contribution in [0, 0.1) is 0 Å². The zero-order valence-electron chi connectivity index (χ0n) is 6.12. The van der Waals surface area contributed by atoms with Crippen LogP contribution in [-0.4, -0.2) is 23.9 Å². The molecule has 0 heterocycles. The predicted octanol–water partition coefficient (Wildman–Crippen LogP) is -1.99. The van der Waals surface area contributed by atoms with Crippen LogP contribution in [0.5, 0.6) is 0 Å². The first-order valence-electron chi connectivity index (χ1n) is 1.91. The quantitative estimate of drug-likeness (QED) is 0.416. The summed E-state index contributed by atoms with van der Waals surface area (Å²) in [5.41, 5.74) is 0. The van der Waals surface area contributed by atoms with Gasteiger partial charge in [0.05, 0.1) is 0 Å². The molecule has 0 aliphatic heterocycles. The third-order valence-electron chi connectivity index (χ3n) is 0.500. The van der Waals surface area contributed by atoms with Crippen LogP contribution < -0.4 is 18.9 Å². The van der Waals surface area contributed by atoms with E-state index in [1.165, 1.54) is 12.8 Å². The molecule has 2 heteroatoms. The molecule has 0 spiro atoms. The molecule has 0 saturated heterocycles. The number of rotatable bonds is 1. The van der Waals surface area contributed by atoms with E-state index < -0.39 is 0 Å². The Hall–Kier alpha value is 1.40. The summed E-state index contributed by atoms with van der Waals surface area (Å²) in [6, 6.07) is 0. The standard InChI is InChI=1S/C4H10.Li.Sn.3H/c1-3-4-2;;;;;/h3-4H2,1-2H3;;;;;/q;+1;;;;-1. The number of hydrogen-bond donors (Lipinski definition) is 0. The van der Waals surface area contributed by atoms with E-state index in [0.717, 1.165) is 0 Å². The molecule has 0 atom stereocenters. The summed E-state index contributed by atoms with van der Waals surface area (Å²) in [6.45, 7) is 4.36. The van der Waals surface area contributed by atoms with Gasteiger partial charge in [0, 0.05) is 0 Å². The fourth-order valence-electron chi connectivity index (χ4n) is 0. The molecule has 0 unspecified atom stereocenters. The molecule has 0 nitrogen and oxygen atoms in total. The fraction of sp³-hybridized carbons (Fsp3) is 1.00. The molecule has 0 saturated carbocycles. The molecule has 0 aromatic carbocycles. The Morgan fingerprint density at radius 1 is 1.17 bits per heavy atom. The normalized spacial score (nSPS) is 5.00.